The van der Waals surface area contributed by atoms with E-state index in [2.05, 4.69) is 4.74 Å². The first-order valence-electron chi connectivity index (χ1n) is 3.52. The van der Waals surface area contributed by atoms with Gasteiger partial charge in [-0.1, -0.05) is 13.3 Å². The number of methoxy groups -OCH3 is 1. The molecule has 0 aromatic rings. The number of nitrogens with two attached hydrogens (primary N) is 1. The maximum absolute atomic E-state index is 10.9. The molecule has 3 nitrogen and oxygen atoms in total. The topological polar surface area (TPSA) is 52.3 Å². The molecule has 0 unspecified atom stereocenters. The normalized spacial score (nSPS) is 37.3. The molecule has 1 aliphatic carbocycles. The van der Waals surface area contributed by atoms with Gasteiger partial charge in [0.05, 0.1) is 7.11 Å². The first kappa shape index (κ1) is 7.54. The van der Waals surface area contributed by atoms with Crippen molar-refractivity contribution in [3.8, 4) is 0 Å². The van der Waals surface area contributed by atoms with E-state index in [1.165, 1.54) is 7.11 Å². The molecule has 0 heterocycles. The number of hydrogen-bond donors (Lipinski definition) is 1. The Morgan fingerprint density at radius 2 is 2.50 bits per heavy atom. The molecule has 10 heavy (non-hydrogen) atoms. The van der Waals surface area contributed by atoms with Crippen LogP contribution in [0, 0.1) is 5.92 Å². The molecular formula is C7H13NO2. The van der Waals surface area contributed by atoms with Crippen molar-refractivity contribution in [3.63, 3.8) is 0 Å². The first-order valence-corrected chi connectivity index (χ1v) is 3.52. The Kier molecular flexibility index (Phi) is 1.68. The van der Waals surface area contributed by atoms with Crippen LogP contribution in [0.4, 0.5) is 0 Å². The van der Waals surface area contributed by atoms with Gasteiger partial charge < -0.3 is 10.5 Å². The summed E-state index contributed by atoms with van der Waals surface area (Å²) in [6.45, 7) is 2.03. The van der Waals surface area contributed by atoms with Crippen molar-refractivity contribution in [1.29, 1.82) is 0 Å². The highest BCUT2D eigenvalue weighted by Crippen LogP contribution is 2.43. The van der Waals surface area contributed by atoms with Gasteiger partial charge in [-0.3, -0.25) is 4.79 Å². The van der Waals surface area contributed by atoms with Gasteiger partial charge >= 0.3 is 5.97 Å². The number of esters is 1. The van der Waals surface area contributed by atoms with Crippen LogP contribution in [-0.4, -0.2) is 18.6 Å². The zero-order valence-corrected chi connectivity index (χ0v) is 6.39. The Labute approximate surface area is 60.5 Å². The minimum Gasteiger partial charge on any atom is -0.468 e. The monoisotopic (exact) mass is 143 g/mol. The van der Waals surface area contributed by atoms with E-state index in [0.717, 1.165) is 12.8 Å². The molecule has 0 aromatic heterocycles. The molecule has 0 radical (unpaired) electrons. The lowest BCUT2D eigenvalue weighted by Gasteiger charge is -2.06. The minimum absolute atomic E-state index is 0.264. The molecule has 0 bridgehead atoms. The second kappa shape index (κ2) is 2.23. The van der Waals surface area contributed by atoms with Crippen LogP contribution in [0.2, 0.25) is 0 Å². The summed E-state index contributed by atoms with van der Waals surface area (Å²) in [6, 6.07) is 0. The highest BCUT2D eigenvalue weighted by atomic mass is 16.5. The lowest BCUT2D eigenvalue weighted by atomic mass is 10.2. The predicted octanol–water partition coefficient (Wildman–Crippen LogP) is 0.287. The quantitative estimate of drug-likeness (QED) is 0.565. The SMILES string of the molecule is CC[C@H]1C[C@]1(N)C(=O)OC. The lowest BCUT2D eigenvalue weighted by molar-refractivity contribution is -0.143. The fraction of sp³-hybridized carbons (Fsp3) is 0.857. The maximum Gasteiger partial charge on any atom is 0.326 e. The Hall–Kier alpha value is -0.570. The molecule has 0 saturated heterocycles. The molecule has 0 aromatic carbocycles. The lowest BCUT2D eigenvalue weighted by Crippen LogP contribution is -2.36. The molecule has 1 rings (SSSR count). The first-order chi connectivity index (χ1) is 4.65. The van der Waals surface area contributed by atoms with Gasteiger partial charge in [0.15, 0.2) is 0 Å². The van der Waals surface area contributed by atoms with Crippen LogP contribution < -0.4 is 5.73 Å². The van der Waals surface area contributed by atoms with Crippen molar-refractivity contribution in [2.45, 2.75) is 25.3 Å². The van der Waals surface area contributed by atoms with Crippen LogP contribution in [-0.2, 0) is 9.53 Å². The molecule has 1 fully saturated rings. The molecule has 58 valence electrons. The number of ether oxygens (including phenoxy) is 1. The van der Waals surface area contributed by atoms with Crippen LogP contribution in [0.15, 0.2) is 0 Å². The van der Waals surface area contributed by atoms with E-state index in [0.29, 0.717) is 5.92 Å². The Bertz CT molecular complexity index is 158. The van der Waals surface area contributed by atoms with E-state index >= 15 is 0 Å². The minimum atomic E-state index is -0.635. The van der Waals surface area contributed by atoms with Crippen LogP contribution in [0.5, 0.6) is 0 Å². The number of rotatable bonds is 2. The third-order valence-electron chi connectivity index (χ3n) is 2.21. The number of hydrogen-bond acceptors (Lipinski definition) is 3. The molecule has 0 amide bonds. The summed E-state index contributed by atoms with van der Waals surface area (Å²) in [5.41, 5.74) is 5.05. The standard InChI is InChI=1S/C7H13NO2/c1-3-5-4-7(5,8)6(9)10-2/h5H,3-4,8H2,1-2H3/t5-,7+/m0/s1. The van der Waals surface area contributed by atoms with E-state index in [1.54, 1.807) is 0 Å². The van der Waals surface area contributed by atoms with Crippen molar-refractivity contribution in [3.05, 3.63) is 0 Å². The summed E-state index contributed by atoms with van der Waals surface area (Å²) in [5.74, 6) is 0.0827. The molecular weight excluding hydrogens is 130 g/mol. The van der Waals surface area contributed by atoms with Gasteiger partial charge in [-0.2, -0.15) is 0 Å². The summed E-state index contributed by atoms with van der Waals surface area (Å²) in [4.78, 5) is 10.9. The van der Waals surface area contributed by atoms with Crippen LogP contribution in [0.3, 0.4) is 0 Å². The number of carbonyl (C=O) groups excluding carboxylic acids is 1. The summed E-state index contributed by atoms with van der Waals surface area (Å²) in [6.07, 6.45) is 1.75. The zero-order valence-electron chi connectivity index (χ0n) is 6.39. The van der Waals surface area contributed by atoms with Gasteiger partial charge in [-0.15, -0.1) is 0 Å². The smallest absolute Gasteiger partial charge is 0.326 e. The second-order valence-electron chi connectivity index (χ2n) is 2.84. The average Bonchev–Trinajstić information content (AvgIpc) is 2.61. The van der Waals surface area contributed by atoms with E-state index in [4.69, 9.17) is 5.73 Å². The Morgan fingerprint density at radius 1 is 1.90 bits per heavy atom. The molecule has 2 atom stereocenters. The third kappa shape index (κ3) is 0.904. The van der Waals surface area contributed by atoms with Crippen molar-refractivity contribution in [2.24, 2.45) is 11.7 Å². The largest absolute Gasteiger partial charge is 0.468 e. The molecule has 0 spiro atoms. The molecule has 1 aliphatic rings. The second-order valence-corrected chi connectivity index (χ2v) is 2.84. The fourth-order valence-corrected chi connectivity index (χ4v) is 1.30. The van der Waals surface area contributed by atoms with Gasteiger partial charge in [0.2, 0.25) is 0 Å². The van der Waals surface area contributed by atoms with Crippen LogP contribution in [0.25, 0.3) is 0 Å². The predicted molar refractivity (Wildman–Crippen MR) is 37.3 cm³/mol. The fourth-order valence-electron chi connectivity index (χ4n) is 1.30. The van der Waals surface area contributed by atoms with Crippen molar-refractivity contribution < 1.29 is 9.53 Å². The van der Waals surface area contributed by atoms with Gasteiger partial charge in [0.25, 0.3) is 0 Å². The average molecular weight is 143 g/mol. The van der Waals surface area contributed by atoms with E-state index < -0.39 is 5.54 Å². The summed E-state index contributed by atoms with van der Waals surface area (Å²) in [5, 5.41) is 0. The van der Waals surface area contributed by atoms with Crippen LogP contribution in [0.1, 0.15) is 19.8 Å². The summed E-state index contributed by atoms with van der Waals surface area (Å²) in [7, 11) is 1.38. The summed E-state index contributed by atoms with van der Waals surface area (Å²) < 4.78 is 4.55. The number of carbonyl (C=O) groups is 1. The highest BCUT2D eigenvalue weighted by Gasteiger charge is 2.56. The van der Waals surface area contributed by atoms with E-state index in [-0.39, 0.29) is 5.97 Å². The van der Waals surface area contributed by atoms with E-state index in [1.807, 2.05) is 6.92 Å². The van der Waals surface area contributed by atoms with Gasteiger partial charge in [0, 0.05) is 0 Å². The zero-order chi connectivity index (χ0) is 7.78. The van der Waals surface area contributed by atoms with Crippen molar-refractivity contribution >= 4 is 5.97 Å². The van der Waals surface area contributed by atoms with Crippen LogP contribution >= 0.6 is 0 Å². The van der Waals surface area contributed by atoms with Crippen molar-refractivity contribution in [2.75, 3.05) is 7.11 Å². The van der Waals surface area contributed by atoms with E-state index in [9.17, 15) is 4.79 Å². The van der Waals surface area contributed by atoms with Gasteiger partial charge in [0.1, 0.15) is 5.54 Å². The van der Waals surface area contributed by atoms with Gasteiger partial charge in [-0.25, -0.2) is 0 Å². The molecule has 0 aliphatic heterocycles. The third-order valence-corrected chi connectivity index (χ3v) is 2.21. The molecule has 2 N–H and O–H groups in total. The van der Waals surface area contributed by atoms with Crippen molar-refractivity contribution in [1.82, 2.24) is 0 Å². The maximum atomic E-state index is 10.9. The Morgan fingerprint density at radius 3 is 2.80 bits per heavy atom. The Balaban J connectivity index is 2.50. The highest BCUT2D eigenvalue weighted by molar-refractivity contribution is 5.84. The van der Waals surface area contributed by atoms with Gasteiger partial charge in [-0.05, 0) is 12.3 Å². The summed E-state index contributed by atoms with van der Waals surface area (Å²) >= 11 is 0. The molecule has 3 heteroatoms. The molecule has 1 saturated carbocycles.